The van der Waals surface area contributed by atoms with Gasteiger partial charge in [-0.1, -0.05) is 17.7 Å². The smallest absolute Gasteiger partial charge is 0.308 e. The molecule has 27 heavy (non-hydrogen) atoms. The molecule has 5 nitrogen and oxygen atoms in total. The van der Waals surface area contributed by atoms with Crippen LogP contribution in [0.5, 0.6) is 0 Å². The van der Waals surface area contributed by atoms with Crippen molar-refractivity contribution in [1.82, 2.24) is 0 Å². The third-order valence-electron chi connectivity index (χ3n) is 5.48. The zero-order valence-electron chi connectivity index (χ0n) is 16.5. The molecule has 1 heterocycles. The molecule has 1 aliphatic carbocycles. The average Bonchev–Trinajstić information content (AvgIpc) is 3.18. The molecule has 3 rings (SSSR count). The summed E-state index contributed by atoms with van der Waals surface area (Å²) < 4.78 is 35.1. The zero-order valence-corrected chi connectivity index (χ0v) is 17.3. The molecule has 2 atom stereocenters. The second-order valence-corrected chi connectivity index (χ2v) is 9.59. The number of allylic oxidation sites excluding steroid dienone is 2. The molecular weight excluding hydrogens is 364 g/mol. The topological polar surface area (TPSA) is 69.7 Å². The Morgan fingerprint density at radius 2 is 1.85 bits per heavy atom. The van der Waals surface area contributed by atoms with Crippen molar-refractivity contribution in [3.05, 3.63) is 40.1 Å². The highest BCUT2D eigenvalue weighted by molar-refractivity contribution is 7.86. The number of hydrogen-bond donors (Lipinski definition) is 0. The molecule has 0 N–H and O–H groups in total. The normalized spacial score (nSPS) is 23.3. The minimum absolute atomic E-state index is 0.00161. The van der Waals surface area contributed by atoms with Crippen molar-refractivity contribution < 1.29 is 22.1 Å². The van der Waals surface area contributed by atoms with Crippen LogP contribution >= 0.6 is 0 Å². The van der Waals surface area contributed by atoms with Crippen LogP contribution in [-0.4, -0.2) is 33.2 Å². The Labute approximate surface area is 161 Å². The number of carbonyl (C=O) groups excluding carboxylic acids is 1. The van der Waals surface area contributed by atoms with Crippen molar-refractivity contribution in [3.8, 4) is 0 Å². The van der Waals surface area contributed by atoms with Gasteiger partial charge in [-0.2, -0.15) is 8.42 Å². The van der Waals surface area contributed by atoms with Gasteiger partial charge in [0.2, 0.25) is 0 Å². The van der Waals surface area contributed by atoms with Crippen molar-refractivity contribution >= 4 is 21.5 Å². The summed E-state index contributed by atoms with van der Waals surface area (Å²) in [6.45, 7) is 8.87. The summed E-state index contributed by atoms with van der Waals surface area (Å²) in [6.07, 6.45) is 2.01. The second-order valence-electron chi connectivity index (χ2n) is 7.73. The molecule has 0 saturated carbocycles. The number of aryl methyl sites for hydroxylation is 3. The molecule has 0 bridgehead atoms. The predicted octanol–water partition coefficient (Wildman–Crippen LogP) is 3.70. The second kappa shape index (κ2) is 7.76. The van der Waals surface area contributed by atoms with Gasteiger partial charge in [0, 0.05) is 25.6 Å². The number of ketones is 1. The first-order valence-electron chi connectivity index (χ1n) is 9.57. The minimum Gasteiger partial charge on any atom is -0.386 e. The van der Waals surface area contributed by atoms with Gasteiger partial charge in [0.25, 0.3) is 0 Å². The fraction of sp³-hybridized carbons (Fsp3) is 0.571. The van der Waals surface area contributed by atoms with Gasteiger partial charge in [0.15, 0.2) is 5.78 Å². The van der Waals surface area contributed by atoms with Crippen LogP contribution in [0.15, 0.2) is 17.9 Å². The van der Waals surface area contributed by atoms with E-state index >= 15 is 0 Å². The van der Waals surface area contributed by atoms with Crippen LogP contribution in [0.1, 0.15) is 48.4 Å². The van der Waals surface area contributed by atoms with Crippen LogP contribution in [0, 0.1) is 32.6 Å². The highest BCUT2D eigenvalue weighted by Gasteiger charge is 2.39. The standard InChI is InChI=1S/C21H28O5S/c1-5-27(23,24)26-18-11-17(10-16-6-7-25-12-16)21(22)20(18)19-14(3)8-13(2)9-15(19)4/h8-9,16-17H,5-7,10-12H2,1-4H3. The third-order valence-corrected chi connectivity index (χ3v) is 6.64. The first kappa shape index (κ1) is 20.1. The Morgan fingerprint density at radius 1 is 1.19 bits per heavy atom. The number of rotatable bonds is 6. The lowest BCUT2D eigenvalue weighted by atomic mass is 9.87. The zero-order chi connectivity index (χ0) is 19.8. The average molecular weight is 393 g/mol. The van der Waals surface area contributed by atoms with E-state index in [1.807, 2.05) is 32.9 Å². The lowest BCUT2D eigenvalue weighted by molar-refractivity contribution is -0.117. The molecule has 0 spiro atoms. The monoisotopic (exact) mass is 392 g/mol. The summed E-state index contributed by atoms with van der Waals surface area (Å²) in [5.74, 6) is 0.292. The van der Waals surface area contributed by atoms with Gasteiger partial charge in [-0.25, -0.2) is 0 Å². The lowest BCUT2D eigenvalue weighted by Crippen LogP contribution is -2.15. The van der Waals surface area contributed by atoms with Gasteiger partial charge in [0.05, 0.1) is 11.3 Å². The van der Waals surface area contributed by atoms with E-state index < -0.39 is 10.1 Å². The van der Waals surface area contributed by atoms with E-state index in [0.29, 0.717) is 36.7 Å². The quantitative estimate of drug-likeness (QED) is 0.691. The summed E-state index contributed by atoms with van der Waals surface area (Å²) >= 11 is 0. The first-order valence-corrected chi connectivity index (χ1v) is 11.1. The maximum atomic E-state index is 13.3. The molecule has 148 valence electrons. The van der Waals surface area contributed by atoms with E-state index in [-0.39, 0.29) is 17.5 Å². The highest BCUT2D eigenvalue weighted by atomic mass is 32.2. The third kappa shape index (κ3) is 4.27. The van der Waals surface area contributed by atoms with Gasteiger partial charge in [-0.05, 0) is 63.1 Å². The minimum atomic E-state index is -3.69. The van der Waals surface area contributed by atoms with Crippen LogP contribution in [-0.2, 0) is 23.8 Å². The molecule has 2 unspecified atom stereocenters. The first-order chi connectivity index (χ1) is 12.7. The molecule has 0 aromatic heterocycles. The van der Waals surface area contributed by atoms with Crippen LogP contribution in [0.3, 0.4) is 0 Å². The molecule has 0 radical (unpaired) electrons. The maximum Gasteiger partial charge on any atom is 0.308 e. The summed E-state index contributed by atoms with van der Waals surface area (Å²) in [4.78, 5) is 13.3. The maximum absolute atomic E-state index is 13.3. The van der Waals surface area contributed by atoms with Crippen molar-refractivity contribution in [2.75, 3.05) is 19.0 Å². The molecule has 1 aromatic rings. The van der Waals surface area contributed by atoms with Crippen LogP contribution in [0.25, 0.3) is 5.57 Å². The molecular formula is C21H28O5S. The number of benzene rings is 1. The Kier molecular flexibility index (Phi) is 5.77. The van der Waals surface area contributed by atoms with Crippen molar-refractivity contribution in [2.24, 2.45) is 11.8 Å². The van der Waals surface area contributed by atoms with E-state index in [9.17, 15) is 13.2 Å². The van der Waals surface area contributed by atoms with Gasteiger partial charge >= 0.3 is 10.1 Å². The SMILES string of the molecule is CCS(=O)(=O)OC1=C(c2c(C)cc(C)cc2C)C(=O)C(CC2CCOC2)C1. The van der Waals surface area contributed by atoms with E-state index in [0.717, 1.165) is 35.3 Å². The highest BCUT2D eigenvalue weighted by Crippen LogP contribution is 2.42. The number of Topliss-reactive ketones (excluding diaryl/α,β-unsaturated/α-hetero) is 1. The van der Waals surface area contributed by atoms with E-state index in [4.69, 9.17) is 8.92 Å². The summed E-state index contributed by atoms with van der Waals surface area (Å²) in [5.41, 5.74) is 4.32. The number of carbonyl (C=O) groups is 1. The van der Waals surface area contributed by atoms with Crippen LogP contribution < -0.4 is 0 Å². The summed E-state index contributed by atoms with van der Waals surface area (Å²) in [5, 5.41) is 0. The van der Waals surface area contributed by atoms with Crippen molar-refractivity contribution in [1.29, 1.82) is 0 Å². The fourth-order valence-electron chi connectivity index (χ4n) is 4.25. The largest absolute Gasteiger partial charge is 0.386 e. The van der Waals surface area contributed by atoms with Gasteiger partial charge in [0.1, 0.15) is 5.76 Å². The number of ether oxygens (including phenoxy) is 1. The van der Waals surface area contributed by atoms with Gasteiger partial charge in [-0.15, -0.1) is 0 Å². The lowest BCUT2D eigenvalue weighted by Gasteiger charge is -2.15. The van der Waals surface area contributed by atoms with Crippen LogP contribution in [0.4, 0.5) is 0 Å². The predicted molar refractivity (Wildman–Crippen MR) is 105 cm³/mol. The van der Waals surface area contributed by atoms with Crippen molar-refractivity contribution in [2.45, 2.75) is 47.0 Å². The van der Waals surface area contributed by atoms with E-state index in [1.165, 1.54) is 0 Å². The molecule has 6 heteroatoms. The summed E-state index contributed by atoms with van der Waals surface area (Å²) in [7, 11) is -3.69. The summed E-state index contributed by atoms with van der Waals surface area (Å²) in [6, 6.07) is 4.04. The molecule has 0 amide bonds. The molecule has 2 aliphatic rings. The van der Waals surface area contributed by atoms with E-state index in [2.05, 4.69) is 0 Å². The Bertz CT molecular complexity index is 853. The Balaban J connectivity index is 2.02. The Hall–Kier alpha value is -1.66. The molecule has 1 saturated heterocycles. The molecule has 1 fully saturated rings. The number of hydrogen-bond acceptors (Lipinski definition) is 5. The van der Waals surface area contributed by atoms with Gasteiger partial charge in [-0.3, -0.25) is 4.79 Å². The van der Waals surface area contributed by atoms with E-state index in [1.54, 1.807) is 6.92 Å². The fourth-order valence-corrected chi connectivity index (χ4v) is 4.82. The van der Waals surface area contributed by atoms with Crippen molar-refractivity contribution in [3.63, 3.8) is 0 Å². The van der Waals surface area contributed by atoms with Crippen LogP contribution in [0.2, 0.25) is 0 Å². The molecule has 1 aromatic carbocycles. The Morgan fingerprint density at radius 3 is 2.41 bits per heavy atom. The van der Waals surface area contributed by atoms with Gasteiger partial charge < -0.3 is 8.92 Å². The molecule has 1 aliphatic heterocycles.